The summed E-state index contributed by atoms with van der Waals surface area (Å²) < 4.78 is 5.18. The molecule has 31 heavy (non-hydrogen) atoms. The van der Waals surface area contributed by atoms with Gasteiger partial charge in [0.05, 0.1) is 6.61 Å². The lowest BCUT2D eigenvalue weighted by Gasteiger charge is -2.11. The Hall–Kier alpha value is -3.26. The third kappa shape index (κ3) is 9.86. The highest BCUT2D eigenvalue weighted by atomic mass is 32.1. The highest BCUT2D eigenvalue weighted by molar-refractivity contribution is 7.80. The molecule has 0 atom stereocenters. The van der Waals surface area contributed by atoms with E-state index in [4.69, 9.17) is 17.0 Å². The lowest BCUT2D eigenvalue weighted by molar-refractivity contribution is -0.143. The Balaban J connectivity index is 1.53. The summed E-state index contributed by atoms with van der Waals surface area (Å²) >= 11 is 4.98. The molecule has 164 valence electrons. The second-order valence-corrected chi connectivity index (χ2v) is 7.39. The molecule has 0 spiro atoms. The van der Waals surface area contributed by atoms with Crippen LogP contribution in [0.5, 0.6) is 0 Å². The van der Waals surface area contributed by atoms with Crippen LogP contribution in [0.15, 0.2) is 54.6 Å². The molecule has 0 aliphatic heterocycles. The highest BCUT2D eigenvalue weighted by Gasteiger charge is 2.09. The molecule has 0 heterocycles. The summed E-state index contributed by atoms with van der Waals surface area (Å²) in [7, 11) is 0. The van der Waals surface area contributed by atoms with Crippen LogP contribution < -0.4 is 16.2 Å². The van der Waals surface area contributed by atoms with Crippen LogP contribution in [0, 0.1) is 6.92 Å². The van der Waals surface area contributed by atoms with Crippen molar-refractivity contribution in [3.05, 3.63) is 71.3 Å². The maximum atomic E-state index is 12.0. The molecule has 0 saturated carbocycles. The Morgan fingerprint density at radius 1 is 0.903 bits per heavy atom. The molecule has 8 heteroatoms. The van der Waals surface area contributed by atoms with Crippen LogP contribution in [-0.2, 0) is 20.7 Å². The van der Waals surface area contributed by atoms with Crippen molar-refractivity contribution < 1.29 is 19.1 Å². The number of aryl methyl sites for hydroxylation is 2. The van der Waals surface area contributed by atoms with Gasteiger partial charge < -0.3 is 10.1 Å². The predicted molar refractivity (Wildman–Crippen MR) is 122 cm³/mol. The fourth-order valence-corrected chi connectivity index (χ4v) is 2.85. The van der Waals surface area contributed by atoms with Crippen molar-refractivity contribution in [1.82, 2.24) is 16.2 Å². The standard InChI is InChI=1S/C23H27N3O4S/c1-17-12-14-19(15-13-17)22(29)25-26-23(31)24-20(27)10-5-11-21(28)30-16-6-9-18-7-3-2-4-8-18/h2-4,7-8,12-15H,5-6,9-11,16H2,1H3,(H,25,29)(H2,24,26,27,31). The van der Waals surface area contributed by atoms with E-state index in [1.54, 1.807) is 12.1 Å². The molecule has 0 aliphatic rings. The van der Waals surface area contributed by atoms with Gasteiger partial charge in [-0.1, -0.05) is 48.0 Å². The van der Waals surface area contributed by atoms with Crippen LogP contribution >= 0.6 is 12.2 Å². The van der Waals surface area contributed by atoms with Crippen LogP contribution in [-0.4, -0.2) is 29.5 Å². The first-order chi connectivity index (χ1) is 14.9. The largest absolute Gasteiger partial charge is 0.466 e. The number of ether oxygens (including phenoxy) is 1. The zero-order chi connectivity index (χ0) is 22.5. The summed E-state index contributed by atoms with van der Waals surface area (Å²) in [4.78, 5) is 35.6. The molecule has 0 bridgehead atoms. The Labute approximate surface area is 187 Å². The van der Waals surface area contributed by atoms with Crippen molar-refractivity contribution in [3.8, 4) is 0 Å². The minimum atomic E-state index is -0.369. The minimum absolute atomic E-state index is 0.0195. The number of benzene rings is 2. The van der Waals surface area contributed by atoms with E-state index < -0.39 is 0 Å². The van der Waals surface area contributed by atoms with Gasteiger partial charge in [-0.05, 0) is 56.1 Å². The van der Waals surface area contributed by atoms with Gasteiger partial charge in [0.15, 0.2) is 5.11 Å². The highest BCUT2D eigenvalue weighted by Crippen LogP contribution is 2.04. The van der Waals surface area contributed by atoms with Gasteiger partial charge in [0.1, 0.15) is 0 Å². The Morgan fingerprint density at radius 3 is 2.32 bits per heavy atom. The molecule has 0 saturated heterocycles. The zero-order valence-corrected chi connectivity index (χ0v) is 18.3. The quantitative estimate of drug-likeness (QED) is 0.240. The van der Waals surface area contributed by atoms with Gasteiger partial charge in [-0.25, -0.2) is 0 Å². The SMILES string of the molecule is Cc1ccc(C(=O)NNC(=S)NC(=O)CCCC(=O)OCCCc2ccccc2)cc1. The third-order valence-corrected chi connectivity index (χ3v) is 4.56. The number of hydrogen-bond acceptors (Lipinski definition) is 5. The number of rotatable bonds is 9. The number of hydrogen-bond donors (Lipinski definition) is 3. The number of carbonyl (C=O) groups is 3. The van der Waals surface area contributed by atoms with Gasteiger partial charge in [-0.15, -0.1) is 0 Å². The number of nitrogens with one attached hydrogen (secondary N) is 3. The minimum Gasteiger partial charge on any atom is -0.466 e. The first kappa shape index (κ1) is 24.0. The topological polar surface area (TPSA) is 96.5 Å². The second kappa shape index (κ2) is 13.1. The molecule has 3 N–H and O–H groups in total. The van der Waals surface area contributed by atoms with E-state index in [0.717, 1.165) is 18.4 Å². The number of carbonyl (C=O) groups excluding carboxylic acids is 3. The summed E-state index contributed by atoms with van der Waals surface area (Å²) in [5.74, 6) is -1.04. The van der Waals surface area contributed by atoms with E-state index in [1.807, 2.05) is 49.4 Å². The first-order valence-corrected chi connectivity index (χ1v) is 10.5. The molecule has 0 aromatic heterocycles. The summed E-state index contributed by atoms with van der Waals surface area (Å²) in [6.07, 6.45) is 2.23. The molecule has 0 unspecified atom stereocenters. The Kier molecular flexibility index (Phi) is 10.2. The van der Waals surface area contributed by atoms with Gasteiger partial charge in [0.2, 0.25) is 5.91 Å². The van der Waals surface area contributed by atoms with Gasteiger partial charge in [0.25, 0.3) is 5.91 Å². The predicted octanol–water partition coefficient (Wildman–Crippen LogP) is 2.98. The van der Waals surface area contributed by atoms with Crippen LogP contribution in [0.25, 0.3) is 0 Å². The molecular formula is C23H27N3O4S. The van der Waals surface area contributed by atoms with E-state index >= 15 is 0 Å². The number of amides is 2. The average molecular weight is 442 g/mol. The van der Waals surface area contributed by atoms with Crippen molar-refractivity contribution in [2.75, 3.05) is 6.61 Å². The van der Waals surface area contributed by atoms with E-state index in [1.165, 1.54) is 5.56 Å². The third-order valence-electron chi connectivity index (χ3n) is 4.36. The summed E-state index contributed by atoms with van der Waals surface area (Å²) in [6.45, 7) is 2.28. The van der Waals surface area contributed by atoms with Crippen LogP contribution in [0.3, 0.4) is 0 Å². The monoisotopic (exact) mass is 441 g/mol. The summed E-state index contributed by atoms with van der Waals surface area (Å²) in [5, 5.41) is 2.44. The van der Waals surface area contributed by atoms with E-state index in [2.05, 4.69) is 16.2 Å². The van der Waals surface area contributed by atoms with Crippen molar-refractivity contribution in [1.29, 1.82) is 0 Å². The molecular weight excluding hydrogens is 414 g/mol. The zero-order valence-electron chi connectivity index (χ0n) is 17.5. The molecule has 7 nitrogen and oxygen atoms in total. The van der Waals surface area contributed by atoms with Crippen molar-refractivity contribution in [2.45, 2.75) is 39.0 Å². The number of thiocarbonyl (C=S) groups is 1. The second-order valence-electron chi connectivity index (χ2n) is 6.99. The van der Waals surface area contributed by atoms with Gasteiger partial charge in [-0.2, -0.15) is 0 Å². The fraction of sp³-hybridized carbons (Fsp3) is 0.304. The molecule has 2 amide bonds. The Morgan fingerprint density at radius 2 is 1.61 bits per heavy atom. The maximum absolute atomic E-state index is 12.0. The van der Waals surface area contributed by atoms with Crippen LogP contribution in [0.2, 0.25) is 0 Å². The summed E-state index contributed by atoms with van der Waals surface area (Å²) in [5.41, 5.74) is 7.62. The van der Waals surface area contributed by atoms with Gasteiger partial charge in [-0.3, -0.25) is 25.2 Å². The average Bonchev–Trinajstić information content (AvgIpc) is 2.76. The first-order valence-electron chi connectivity index (χ1n) is 10.1. The van der Waals surface area contributed by atoms with Gasteiger partial charge >= 0.3 is 5.97 Å². The molecule has 2 aromatic rings. The molecule has 0 fully saturated rings. The van der Waals surface area contributed by atoms with Crippen molar-refractivity contribution in [2.24, 2.45) is 0 Å². The van der Waals surface area contributed by atoms with E-state index in [-0.39, 0.29) is 35.7 Å². The number of esters is 1. The Bertz CT molecular complexity index is 885. The normalized spacial score (nSPS) is 10.1. The van der Waals surface area contributed by atoms with Crippen molar-refractivity contribution >= 4 is 35.1 Å². The maximum Gasteiger partial charge on any atom is 0.305 e. The summed E-state index contributed by atoms with van der Waals surface area (Å²) in [6, 6.07) is 17.0. The molecule has 0 aliphatic carbocycles. The van der Waals surface area contributed by atoms with E-state index in [0.29, 0.717) is 18.6 Å². The lowest BCUT2D eigenvalue weighted by atomic mass is 10.1. The fourth-order valence-electron chi connectivity index (χ4n) is 2.68. The van der Waals surface area contributed by atoms with E-state index in [9.17, 15) is 14.4 Å². The lowest BCUT2D eigenvalue weighted by Crippen LogP contribution is -2.48. The van der Waals surface area contributed by atoms with Crippen LogP contribution in [0.4, 0.5) is 0 Å². The number of hydrazine groups is 1. The molecule has 2 rings (SSSR count). The smallest absolute Gasteiger partial charge is 0.305 e. The van der Waals surface area contributed by atoms with Gasteiger partial charge in [0, 0.05) is 18.4 Å². The van der Waals surface area contributed by atoms with Crippen LogP contribution in [0.1, 0.15) is 47.2 Å². The van der Waals surface area contributed by atoms with Crippen molar-refractivity contribution in [3.63, 3.8) is 0 Å². The molecule has 0 radical (unpaired) electrons. The molecule has 2 aromatic carbocycles.